The molecule has 1 N–H and O–H groups in total. The molecule has 0 aliphatic rings. The molecule has 1 atom stereocenters. The van der Waals surface area contributed by atoms with Crippen molar-refractivity contribution >= 4 is 17.3 Å². The molecule has 2 heterocycles. The summed E-state index contributed by atoms with van der Waals surface area (Å²) in [4.78, 5) is 11.7. The van der Waals surface area contributed by atoms with Crippen LogP contribution >= 0.6 is 11.6 Å². The highest BCUT2D eigenvalue weighted by molar-refractivity contribution is 6.32. The van der Waals surface area contributed by atoms with Gasteiger partial charge in [0, 0.05) is 0 Å². The predicted molar refractivity (Wildman–Crippen MR) is 70.3 cm³/mol. The number of aromatic nitrogens is 2. The molecule has 0 aliphatic heterocycles. The van der Waals surface area contributed by atoms with Gasteiger partial charge in [-0.3, -0.25) is 4.79 Å². The van der Waals surface area contributed by atoms with Crippen LogP contribution in [0.1, 0.15) is 18.7 Å². The molecule has 21 heavy (non-hydrogen) atoms. The largest absolute Gasteiger partial charge is 0.467 e. The smallest absolute Gasteiger partial charge is 0.408 e. The van der Waals surface area contributed by atoms with Gasteiger partial charge in [0.25, 0.3) is 5.56 Å². The van der Waals surface area contributed by atoms with Crippen LogP contribution in [0, 0.1) is 0 Å². The van der Waals surface area contributed by atoms with Crippen molar-refractivity contribution in [2.45, 2.75) is 25.7 Å². The lowest BCUT2D eigenvalue weighted by Gasteiger charge is -2.15. The van der Waals surface area contributed by atoms with Crippen molar-refractivity contribution in [1.29, 1.82) is 0 Å². The highest BCUT2D eigenvalue weighted by Crippen LogP contribution is 2.23. The third kappa shape index (κ3) is 3.78. The van der Waals surface area contributed by atoms with E-state index in [2.05, 4.69) is 10.4 Å². The fourth-order valence-electron chi connectivity index (χ4n) is 1.69. The average Bonchev–Trinajstić information content (AvgIpc) is 2.91. The molecule has 5 nitrogen and oxygen atoms in total. The van der Waals surface area contributed by atoms with Crippen molar-refractivity contribution in [2.24, 2.45) is 0 Å². The zero-order valence-electron chi connectivity index (χ0n) is 10.8. The lowest BCUT2D eigenvalue weighted by Crippen LogP contribution is -2.31. The van der Waals surface area contributed by atoms with Crippen LogP contribution in [-0.2, 0) is 6.54 Å². The Hall–Kier alpha value is -1.96. The van der Waals surface area contributed by atoms with Crippen LogP contribution in [0.5, 0.6) is 0 Å². The number of anilines is 1. The highest BCUT2D eigenvalue weighted by Gasteiger charge is 2.29. The minimum absolute atomic E-state index is 0.143. The van der Waals surface area contributed by atoms with Crippen molar-refractivity contribution in [3.63, 3.8) is 0 Å². The van der Waals surface area contributed by atoms with Gasteiger partial charge < -0.3 is 9.73 Å². The zero-order chi connectivity index (χ0) is 15.6. The second kappa shape index (κ2) is 5.80. The first-order valence-electron chi connectivity index (χ1n) is 5.90. The summed E-state index contributed by atoms with van der Waals surface area (Å²) in [5.74, 6) is 0.588. The quantitative estimate of drug-likeness (QED) is 0.939. The van der Waals surface area contributed by atoms with Crippen molar-refractivity contribution in [1.82, 2.24) is 9.78 Å². The van der Waals surface area contributed by atoms with Crippen molar-refractivity contribution in [2.75, 3.05) is 5.32 Å². The summed E-state index contributed by atoms with van der Waals surface area (Å²) < 4.78 is 42.3. The molecular weight excluding hydrogens is 311 g/mol. The van der Waals surface area contributed by atoms with E-state index in [0.29, 0.717) is 5.76 Å². The molecule has 1 unspecified atom stereocenters. The molecule has 0 saturated heterocycles. The first-order chi connectivity index (χ1) is 9.78. The van der Waals surface area contributed by atoms with Gasteiger partial charge in [0.2, 0.25) is 0 Å². The summed E-state index contributed by atoms with van der Waals surface area (Å²) in [7, 11) is 0. The normalized spacial score (nSPS) is 13.2. The lowest BCUT2D eigenvalue weighted by molar-refractivity contribution is -0.143. The number of halogens is 4. The van der Waals surface area contributed by atoms with Crippen LogP contribution in [0.4, 0.5) is 18.9 Å². The Kier molecular flexibility index (Phi) is 4.26. The molecule has 2 aromatic heterocycles. The number of nitrogens with one attached hydrogen (secondary N) is 1. The fraction of sp³-hybridized carbons (Fsp3) is 0.333. The van der Waals surface area contributed by atoms with Gasteiger partial charge in [0.1, 0.15) is 17.3 Å². The van der Waals surface area contributed by atoms with Crippen molar-refractivity contribution in [3.8, 4) is 0 Å². The summed E-state index contributed by atoms with van der Waals surface area (Å²) >= 11 is 5.80. The summed E-state index contributed by atoms with van der Waals surface area (Å²) in [6.07, 6.45) is -1.99. The van der Waals surface area contributed by atoms with Gasteiger partial charge in [-0.1, -0.05) is 11.6 Å². The topological polar surface area (TPSA) is 60.1 Å². The van der Waals surface area contributed by atoms with Crippen LogP contribution < -0.4 is 10.9 Å². The van der Waals surface area contributed by atoms with E-state index in [0.717, 1.165) is 6.20 Å². The van der Waals surface area contributed by atoms with Gasteiger partial charge in [-0.05, 0) is 19.1 Å². The van der Waals surface area contributed by atoms with E-state index < -0.39 is 18.3 Å². The first kappa shape index (κ1) is 15.4. The number of hydrogen-bond acceptors (Lipinski definition) is 4. The minimum Gasteiger partial charge on any atom is -0.467 e. The van der Waals surface area contributed by atoms with Crippen LogP contribution in [0.15, 0.2) is 33.8 Å². The SMILES string of the molecule is CC(Nc1cnn(CC(F)(F)F)c(=O)c1Cl)c1ccco1. The molecule has 9 heteroatoms. The van der Waals surface area contributed by atoms with Crippen molar-refractivity contribution in [3.05, 3.63) is 45.7 Å². The molecule has 2 rings (SSSR count). The van der Waals surface area contributed by atoms with Crippen LogP contribution in [0.25, 0.3) is 0 Å². The summed E-state index contributed by atoms with van der Waals surface area (Å²) in [5.41, 5.74) is -0.866. The van der Waals surface area contributed by atoms with E-state index in [1.807, 2.05) is 0 Å². The van der Waals surface area contributed by atoms with Crippen LogP contribution in [0.3, 0.4) is 0 Å². The Morgan fingerprint density at radius 1 is 1.52 bits per heavy atom. The highest BCUT2D eigenvalue weighted by atomic mass is 35.5. The van der Waals surface area contributed by atoms with Gasteiger partial charge >= 0.3 is 6.18 Å². The second-order valence-corrected chi connectivity index (χ2v) is 4.71. The third-order valence-electron chi connectivity index (χ3n) is 2.66. The van der Waals surface area contributed by atoms with Gasteiger partial charge in [-0.2, -0.15) is 18.3 Å². The standard InChI is InChI=1S/C12H11ClF3N3O2/c1-7(9-3-2-4-21-9)18-8-5-17-19(6-12(14,15)16)11(20)10(8)13/h2-5,7,18H,6H2,1H3. The number of nitrogens with zero attached hydrogens (tertiary/aromatic N) is 2. The van der Waals surface area contributed by atoms with E-state index >= 15 is 0 Å². The average molecular weight is 322 g/mol. The van der Waals surface area contributed by atoms with Crippen LogP contribution in [-0.4, -0.2) is 16.0 Å². The summed E-state index contributed by atoms with van der Waals surface area (Å²) in [5, 5.41) is 5.97. The molecule has 0 aliphatic carbocycles. The van der Waals surface area contributed by atoms with E-state index in [-0.39, 0.29) is 21.4 Å². The van der Waals surface area contributed by atoms with E-state index in [1.165, 1.54) is 6.26 Å². The van der Waals surface area contributed by atoms with E-state index in [9.17, 15) is 18.0 Å². The summed E-state index contributed by atoms with van der Waals surface area (Å²) in [6.45, 7) is 0.260. The van der Waals surface area contributed by atoms with Gasteiger partial charge in [0.05, 0.1) is 24.2 Å². The number of hydrogen-bond donors (Lipinski definition) is 1. The second-order valence-electron chi connectivity index (χ2n) is 4.33. The molecule has 0 radical (unpaired) electrons. The maximum Gasteiger partial charge on any atom is 0.408 e. The number of alkyl halides is 3. The molecule has 0 aromatic carbocycles. The Labute approximate surface area is 122 Å². The molecular formula is C12H11ClF3N3O2. The molecule has 114 valence electrons. The first-order valence-corrected chi connectivity index (χ1v) is 6.28. The molecule has 0 saturated carbocycles. The Bertz CT molecular complexity index is 667. The number of furan rings is 1. The fourth-order valence-corrected chi connectivity index (χ4v) is 1.89. The van der Waals surface area contributed by atoms with Gasteiger partial charge in [-0.25, -0.2) is 4.68 Å². The molecule has 0 spiro atoms. The number of rotatable bonds is 4. The van der Waals surface area contributed by atoms with Gasteiger partial charge in [0.15, 0.2) is 0 Å². The maximum atomic E-state index is 12.3. The van der Waals surface area contributed by atoms with E-state index in [1.54, 1.807) is 19.1 Å². The maximum absolute atomic E-state index is 12.3. The molecule has 0 fully saturated rings. The zero-order valence-corrected chi connectivity index (χ0v) is 11.6. The molecule has 0 bridgehead atoms. The van der Waals surface area contributed by atoms with Gasteiger partial charge in [-0.15, -0.1) is 0 Å². The Morgan fingerprint density at radius 3 is 2.81 bits per heavy atom. The van der Waals surface area contributed by atoms with Crippen molar-refractivity contribution < 1.29 is 17.6 Å². The Morgan fingerprint density at radius 2 is 2.24 bits per heavy atom. The molecule has 2 aromatic rings. The Balaban J connectivity index is 2.23. The molecule has 0 amide bonds. The predicted octanol–water partition coefficient (Wildman–Crippen LogP) is 3.23. The lowest BCUT2D eigenvalue weighted by atomic mass is 10.2. The third-order valence-corrected chi connectivity index (χ3v) is 3.02. The minimum atomic E-state index is -4.55. The van der Waals surface area contributed by atoms with E-state index in [4.69, 9.17) is 16.0 Å². The monoisotopic (exact) mass is 321 g/mol. The summed E-state index contributed by atoms with van der Waals surface area (Å²) in [6, 6.07) is 3.08. The van der Waals surface area contributed by atoms with Crippen LogP contribution in [0.2, 0.25) is 5.02 Å².